The Labute approximate surface area is 182 Å². The van der Waals surface area contributed by atoms with Crippen molar-refractivity contribution in [2.45, 2.75) is 24.5 Å². The molecule has 0 aliphatic carbocycles. The molecular weight excluding hydrogens is 416 g/mol. The second kappa shape index (κ2) is 9.99. The number of ether oxygens (including phenoxy) is 2. The predicted molar refractivity (Wildman–Crippen MR) is 119 cm³/mol. The lowest BCUT2D eigenvalue weighted by Gasteiger charge is -2.14. The summed E-state index contributed by atoms with van der Waals surface area (Å²) in [5.41, 5.74) is 1.46. The van der Waals surface area contributed by atoms with Gasteiger partial charge in [0, 0.05) is 12.7 Å². The number of amides is 1. The van der Waals surface area contributed by atoms with E-state index in [0.29, 0.717) is 23.8 Å². The maximum absolute atomic E-state index is 12.6. The lowest BCUT2D eigenvalue weighted by atomic mass is 10.2. The summed E-state index contributed by atoms with van der Waals surface area (Å²) < 4.78 is 39.0. The van der Waals surface area contributed by atoms with Crippen LogP contribution in [0.25, 0.3) is 0 Å². The third-order valence-corrected chi connectivity index (χ3v) is 5.81. The van der Waals surface area contributed by atoms with Gasteiger partial charge in [0.15, 0.2) is 6.10 Å². The first-order valence-electron chi connectivity index (χ1n) is 9.65. The Morgan fingerprint density at radius 2 is 1.52 bits per heavy atom. The molecule has 0 fully saturated rings. The molecule has 0 bridgehead atoms. The van der Waals surface area contributed by atoms with Crippen LogP contribution in [0, 0.1) is 0 Å². The van der Waals surface area contributed by atoms with Crippen molar-refractivity contribution in [2.24, 2.45) is 0 Å². The van der Waals surface area contributed by atoms with E-state index in [1.54, 1.807) is 31.2 Å². The minimum atomic E-state index is -3.77. The van der Waals surface area contributed by atoms with Crippen LogP contribution in [-0.2, 0) is 21.4 Å². The first-order chi connectivity index (χ1) is 14.9. The second-order valence-electron chi connectivity index (χ2n) is 6.75. The van der Waals surface area contributed by atoms with Crippen LogP contribution in [-0.4, -0.2) is 27.5 Å². The summed E-state index contributed by atoms with van der Waals surface area (Å²) in [6.07, 6.45) is -0.687. The molecule has 0 spiro atoms. The maximum Gasteiger partial charge on any atom is 0.261 e. The van der Waals surface area contributed by atoms with Gasteiger partial charge in [0.2, 0.25) is 0 Å². The molecule has 0 aliphatic rings. The van der Waals surface area contributed by atoms with Crippen LogP contribution in [0.4, 0.5) is 5.69 Å². The zero-order chi connectivity index (χ0) is 22.3. The highest BCUT2D eigenvalue weighted by molar-refractivity contribution is 7.92. The minimum absolute atomic E-state index is 0.0804. The number of benzene rings is 3. The third-order valence-electron chi connectivity index (χ3n) is 4.42. The number of anilines is 1. The van der Waals surface area contributed by atoms with Crippen LogP contribution in [0.2, 0.25) is 0 Å². The molecule has 3 aromatic carbocycles. The predicted octanol–water partition coefficient (Wildman–Crippen LogP) is 3.58. The topological polar surface area (TPSA) is 93.7 Å². The number of carbonyl (C=O) groups excluding carboxylic acids is 1. The van der Waals surface area contributed by atoms with Gasteiger partial charge in [-0.1, -0.05) is 30.3 Å². The van der Waals surface area contributed by atoms with Crippen molar-refractivity contribution in [3.63, 3.8) is 0 Å². The molecule has 0 saturated carbocycles. The van der Waals surface area contributed by atoms with Gasteiger partial charge >= 0.3 is 0 Å². The largest absolute Gasteiger partial charge is 0.489 e. The molecule has 8 heteroatoms. The van der Waals surface area contributed by atoms with Gasteiger partial charge in [-0.25, -0.2) is 8.42 Å². The number of hydrogen-bond acceptors (Lipinski definition) is 5. The van der Waals surface area contributed by atoms with Crippen molar-refractivity contribution in [1.29, 1.82) is 0 Å². The molecule has 0 unspecified atom stereocenters. The van der Waals surface area contributed by atoms with E-state index < -0.39 is 16.1 Å². The molecule has 162 valence electrons. The summed E-state index contributed by atoms with van der Waals surface area (Å²) >= 11 is 0. The Balaban J connectivity index is 1.60. The molecule has 7 nitrogen and oxygen atoms in total. The molecule has 31 heavy (non-hydrogen) atoms. The van der Waals surface area contributed by atoms with E-state index >= 15 is 0 Å². The highest BCUT2D eigenvalue weighted by Crippen LogP contribution is 2.22. The standard InChI is InChI=1S/C23H24N2O5S/c1-17(23(26)24-2)30-21-12-14-22(15-13-21)31(27,28)25-19-8-10-20(11-9-19)29-16-18-6-4-3-5-7-18/h3-15,17,25H,16H2,1-2H3,(H,24,26)/t17-/m1/s1. The Morgan fingerprint density at radius 3 is 2.13 bits per heavy atom. The molecule has 2 N–H and O–H groups in total. The lowest BCUT2D eigenvalue weighted by molar-refractivity contribution is -0.126. The Morgan fingerprint density at radius 1 is 0.903 bits per heavy atom. The second-order valence-corrected chi connectivity index (χ2v) is 8.43. The van der Waals surface area contributed by atoms with Crippen molar-refractivity contribution in [1.82, 2.24) is 5.32 Å². The lowest BCUT2D eigenvalue weighted by Crippen LogP contribution is -2.33. The summed E-state index contributed by atoms with van der Waals surface area (Å²) in [6, 6.07) is 22.3. The van der Waals surface area contributed by atoms with Gasteiger partial charge in [-0.3, -0.25) is 9.52 Å². The number of carbonyl (C=O) groups is 1. The van der Waals surface area contributed by atoms with Gasteiger partial charge in [0.05, 0.1) is 4.90 Å². The number of rotatable bonds is 9. The molecule has 3 aromatic rings. The first-order valence-corrected chi connectivity index (χ1v) is 11.1. The molecule has 0 heterocycles. The molecular formula is C23H24N2O5S. The number of hydrogen-bond donors (Lipinski definition) is 2. The Hall–Kier alpha value is -3.52. The molecule has 1 atom stereocenters. The summed E-state index contributed by atoms with van der Waals surface area (Å²) in [5, 5.41) is 2.49. The van der Waals surface area contributed by atoms with Crippen LogP contribution in [0.5, 0.6) is 11.5 Å². The third kappa shape index (κ3) is 6.23. The van der Waals surface area contributed by atoms with Crippen LogP contribution >= 0.6 is 0 Å². The van der Waals surface area contributed by atoms with E-state index in [0.717, 1.165) is 5.56 Å². The average molecular weight is 441 g/mol. The Kier molecular flexibility index (Phi) is 7.15. The maximum atomic E-state index is 12.6. The monoisotopic (exact) mass is 440 g/mol. The van der Waals surface area contributed by atoms with Gasteiger partial charge < -0.3 is 14.8 Å². The normalized spacial score (nSPS) is 11.9. The van der Waals surface area contributed by atoms with E-state index in [1.807, 2.05) is 30.3 Å². The van der Waals surface area contributed by atoms with E-state index in [-0.39, 0.29) is 10.8 Å². The van der Waals surface area contributed by atoms with Crippen molar-refractivity contribution in [3.8, 4) is 11.5 Å². The minimum Gasteiger partial charge on any atom is -0.489 e. The van der Waals surface area contributed by atoms with E-state index in [9.17, 15) is 13.2 Å². The fraction of sp³-hybridized carbons (Fsp3) is 0.174. The highest BCUT2D eigenvalue weighted by atomic mass is 32.2. The fourth-order valence-corrected chi connectivity index (χ4v) is 3.79. The van der Waals surface area contributed by atoms with Gasteiger partial charge in [-0.15, -0.1) is 0 Å². The van der Waals surface area contributed by atoms with Crippen molar-refractivity contribution < 1.29 is 22.7 Å². The number of likely N-dealkylation sites (N-methyl/N-ethyl adjacent to an activating group) is 1. The zero-order valence-electron chi connectivity index (χ0n) is 17.2. The smallest absolute Gasteiger partial charge is 0.261 e. The average Bonchev–Trinajstić information content (AvgIpc) is 2.79. The molecule has 0 aliphatic heterocycles. The van der Waals surface area contributed by atoms with Gasteiger partial charge in [0.25, 0.3) is 15.9 Å². The van der Waals surface area contributed by atoms with Crippen LogP contribution in [0.15, 0.2) is 83.8 Å². The quantitative estimate of drug-likeness (QED) is 0.530. The highest BCUT2D eigenvalue weighted by Gasteiger charge is 2.16. The molecule has 0 radical (unpaired) electrons. The van der Waals surface area contributed by atoms with E-state index in [4.69, 9.17) is 9.47 Å². The zero-order valence-corrected chi connectivity index (χ0v) is 18.1. The van der Waals surface area contributed by atoms with Crippen molar-refractivity contribution in [3.05, 3.63) is 84.4 Å². The Bertz CT molecular complexity index is 1100. The van der Waals surface area contributed by atoms with Crippen LogP contribution in [0.1, 0.15) is 12.5 Å². The van der Waals surface area contributed by atoms with Crippen LogP contribution in [0.3, 0.4) is 0 Å². The van der Waals surface area contributed by atoms with E-state index in [1.165, 1.54) is 31.3 Å². The summed E-state index contributed by atoms with van der Waals surface area (Å²) in [7, 11) is -2.25. The van der Waals surface area contributed by atoms with Crippen molar-refractivity contribution in [2.75, 3.05) is 11.8 Å². The molecule has 0 saturated heterocycles. The van der Waals surface area contributed by atoms with Gasteiger partial charge in [-0.05, 0) is 61.0 Å². The number of sulfonamides is 1. The summed E-state index contributed by atoms with van der Waals surface area (Å²) in [4.78, 5) is 11.6. The SMILES string of the molecule is CNC(=O)[C@@H](C)Oc1ccc(S(=O)(=O)Nc2ccc(OCc3ccccc3)cc2)cc1. The van der Waals surface area contributed by atoms with Crippen LogP contribution < -0.4 is 19.5 Å². The van der Waals surface area contributed by atoms with Gasteiger partial charge in [-0.2, -0.15) is 0 Å². The summed E-state index contributed by atoms with van der Waals surface area (Å²) in [6.45, 7) is 2.04. The number of nitrogens with one attached hydrogen (secondary N) is 2. The summed E-state index contributed by atoms with van der Waals surface area (Å²) in [5.74, 6) is 0.767. The molecule has 1 amide bonds. The van der Waals surface area contributed by atoms with Crippen molar-refractivity contribution >= 4 is 21.6 Å². The first kappa shape index (κ1) is 22.2. The molecule has 3 rings (SSSR count). The fourth-order valence-electron chi connectivity index (χ4n) is 2.73. The van der Waals surface area contributed by atoms with Gasteiger partial charge in [0.1, 0.15) is 18.1 Å². The van der Waals surface area contributed by atoms with E-state index in [2.05, 4.69) is 10.0 Å². The molecule has 0 aromatic heterocycles.